The van der Waals surface area contributed by atoms with Gasteiger partial charge in [0.2, 0.25) is 0 Å². The smallest absolute Gasteiger partial charge is 0.272 e. The van der Waals surface area contributed by atoms with Crippen LogP contribution in [0.15, 0.2) is 60.9 Å². The molecule has 0 saturated heterocycles. The van der Waals surface area contributed by atoms with Crippen molar-refractivity contribution in [1.82, 2.24) is 20.1 Å². The van der Waals surface area contributed by atoms with Crippen LogP contribution < -0.4 is 14.8 Å². The Morgan fingerprint density at radius 1 is 1.06 bits per heavy atom. The van der Waals surface area contributed by atoms with Crippen LogP contribution in [0, 0.1) is 5.82 Å². The number of ether oxygens (including phenoxy) is 2. The number of methoxy groups -OCH3 is 2. The number of rotatable bonds is 6. The van der Waals surface area contributed by atoms with Crippen molar-refractivity contribution in [2.75, 3.05) is 14.2 Å². The third-order valence-corrected chi connectivity index (χ3v) is 5.70. The second-order valence-corrected chi connectivity index (χ2v) is 7.64. The molecule has 0 unspecified atom stereocenters. The molecule has 8 heteroatoms. The van der Waals surface area contributed by atoms with E-state index >= 15 is 0 Å². The number of carbonyl (C=O) groups excluding carboxylic acids is 1. The normalized spacial score (nSPS) is 11.6. The Bertz CT molecular complexity index is 1330. The van der Waals surface area contributed by atoms with Gasteiger partial charge in [0.05, 0.1) is 25.6 Å². The molecule has 1 amide bonds. The Kier molecular flexibility index (Phi) is 5.26. The second kappa shape index (κ2) is 8.38. The van der Waals surface area contributed by atoms with Gasteiger partial charge < -0.3 is 14.8 Å². The SMILES string of the molecule is COc1cc2c(cc1OC)-c1c(c(C(=O)NCc3ccncc3)nn1-c1ccc(F)cc1)C2. The van der Waals surface area contributed by atoms with Crippen molar-refractivity contribution >= 4 is 5.91 Å². The highest BCUT2D eigenvalue weighted by Gasteiger charge is 2.32. The third kappa shape index (κ3) is 3.69. The van der Waals surface area contributed by atoms with Crippen molar-refractivity contribution in [1.29, 1.82) is 0 Å². The molecular weight excluding hydrogens is 423 g/mol. The highest BCUT2D eigenvalue weighted by Crippen LogP contribution is 2.44. The maximum atomic E-state index is 13.6. The van der Waals surface area contributed by atoms with Crippen LogP contribution in [-0.2, 0) is 13.0 Å². The van der Waals surface area contributed by atoms with E-state index in [0.29, 0.717) is 35.8 Å². The molecule has 2 aromatic carbocycles. The Morgan fingerprint density at radius 2 is 1.76 bits per heavy atom. The van der Waals surface area contributed by atoms with E-state index in [-0.39, 0.29) is 11.7 Å². The zero-order valence-corrected chi connectivity index (χ0v) is 18.1. The standard InChI is InChI=1S/C25H21FN4O3/c1-32-21-12-16-11-20-23(25(31)28-14-15-7-9-27-10-8-15)29-30(18-5-3-17(26)4-6-18)24(20)19(16)13-22(21)33-2/h3-10,12-13H,11,14H2,1-2H3,(H,28,31). The molecule has 1 aliphatic rings. The molecule has 166 valence electrons. The molecule has 0 aliphatic heterocycles. The van der Waals surface area contributed by atoms with Gasteiger partial charge in [0.1, 0.15) is 5.82 Å². The molecule has 1 aliphatic carbocycles. The van der Waals surface area contributed by atoms with Gasteiger partial charge in [0, 0.05) is 36.5 Å². The fraction of sp³-hybridized carbons (Fsp3) is 0.160. The second-order valence-electron chi connectivity index (χ2n) is 7.64. The number of benzene rings is 2. The first-order chi connectivity index (χ1) is 16.1. The molecule has 2 heterocycles. The minimum Gasteiger partial charge on any atom is -0.493 e. The first kappa shape index (κ1) is 20.7. The minimum absolute atomic E-state index is 0.282. The lowest BCUT2D eigenvalue weighted by Gasteiger charge is -2.12. The maximum absolute atomic E-state index is 13.6. The highest BCUT2D eigenvalue weighted by molar-refractivity contribution is 5.97. The molecule has 0 radical (unpaired) electrons. The Morgan fingerprint density at radius 3 is 2.45 bits per heavy atom. The lowest BCUT2D eigenvalue weighted by molar-refractivity contribution is 0.0944. The number of halogens is 1. The molecule has 0 atom stereocenters. The molecular formula is C25H21FN4O3. The zero-order valence-electron chi connectivity index (χ0n) is 18.1. The van der Waals surface area contributed by atoms with E-state index in [1.54, 1.807) is 43.4 Å². The van der Waals surface area contributed by atoms with Crippen LogP contribution in [0.1, 0.15) is 27.2 Å². The maximum Gasteiger partial charge on any atom is 0.272 e. The molecule has 0 spiro atoms. The van der Waals surface area contributed by atoms with E-state index in [0.717, 1.165) is 27.9 Å². The quantitative estimate of drug-likeness (QED) is 0.430. The summed E-state index contributed by atoms with van der Waals surface area (Å²) in [5, 5.41) is 7.58. The van der Waals surface area contributed by atoms with Crippen LogP contribution >= 0.6 is 0 Å². The van der Waals surface area contributed by atoms with Crippen LogP contribution in [0.25, 0.3) is 16.9 Å². The number of nitrogens with zero attached hydrogens (tertiary/aromatic N) is 3. The van der Waals surface area contributed by atoms with Crippen molar-refractivity contribution in [3.8, 4) is 28.4 Å². The van der Waals surface area contributed by atoms with Crippen molar-refractivity contribution in [2.24, 2.45) is 0 Å². The van der Waals surface area contributed by atoms with E-state index < -0.39 is 0 Å². The van der Waals surface area contributed by atoms with Crippen molar-refractivity contribution in [3.05, 3.63) is 89.1 Å². The van der Waals surface area contributed by atoms with Crippen LogP contribution in [0.2, 0.25) is 0 Å². The summed E-state index contributed by atoms with van der Waals surface area (Å²) in [4.78, 5) is 17.2. The van der Waals surface area contributed by atoms with E-state index in [4.69, 9.17) is 9.47 Å². The van der Waals surface area contributed by atoms with Gasteiger partial charge in [-0.2, -0.15) is 5.10 Å². The number of nitrogens with one attached hydrogen (secondary N) is 1. The number of aromatic nitrogens is 3. The van der Waals surface area contributed by atoms with Gasteiger partial charge in [-0.05, 0) is 59.7 Å². The zero-order chi connectivity index (χ0) is 22.9. The molecule has 7 nitrogen and oxygen atoms in total. The van der Waals surface area contributed by atoms with Crippen LogP contribution in [0.3, 0.4) is 0 Å². The topological polar surface area (TPSA) is 78.3 Å². The van der Waals surface area contributed by atoms with Crippen LogP contribution in [0.5, 0.6) is 11.5 Å². The molecule has 4 aromatic rings. The van der Waals surface area contributed by atoms with E-state index in [1.807, 2.05) is 24.3 Å². The van der Waals surface area contributed by atoms with Crippen molar-refractivity contribution in [2.45, 2.75) is 13.0 Å². The number of hydrogen-bond donors (Lipinski definition) is 1. The first-order valence-corrected chi connectivity index (χ1v) is 10.4. The van der Waals surface area contributed by atoms with Gasteiger partial charge in [-0.25, -0.2) is 9.07 Å². The van der Waals surface area contributed by atoms with Crippen molar-refractivity contribution in [3.63, 3.8) is 0 Å². The van der Waals surface area contributed by atoms with Crippen LogP contribution in [0.4, 0.5) is 4.39 Å². The Labute approximate surface area is 189 Å². The predicted molar refractivity (Wildman–Crippen MR) is 120 cm³/mol. The van der Waals surface area contributed by atoms with Crippen LogP contribution in [-0.4, -0.2) is 34.9 Å². The van der Waals surface area contributed by atoms with Gasteiger partial charge >= 0.3 is 0 Å². The predicted octanol–water partition coefficient (Wildman–Crippen LogP) is 3.92. The molecule has 2 aromatic heterocycles. The van der Waals surface area contributed by atoms with Gasteiger partial charge in [0.15, 0.2) is 17.2 Å². The number of carbonyl (C=O) groups is 1. The summed E-state index contributed by atoms with van der Waals surface area (Å²) in [6.45, 7) is 0.355. The largest absolute Gasteiger partial charge is 0.493 e. The monoisotopic (exact) mass is 444 g/mol. The average Bonchev–Trinajstić information content (AvgIpc) is 3.39. The minimum atomic E-state index is -0.343. The van der Waals surface area contributed by atoms with Gasteiger partial charge in [-0.15, -0.1) is 0 Å². The molecule has 0 fully saturated rings. The molecule has 5 rings (SSSR count). The fourth-order valence-corrected chi connectivity index (χ4v) is 4.09. The van der Waals surface area contributed by atoms with E-state index in [1.165, 1.54) is 12.1 Å². The summed E-state index contributed by atoms with van der Waals surface area (Å²) in [5.41, 5.74) is 5.40. The van der Waals surface area contributed by atoms with Gasteiger partial charge in [-0.1, -0.05) is 0 Å². The summed E-state index contributed by atoms with van der Waals surface area (Å²) in [6.07, 6.45) is 3.88. The Hall–Kier alpha value is -4.20. The van der Waals surface area contributed by atoms with E-state index in [9.17, 15) is 9.18 Å². The summed E-state index contributed by atoms with van der Waals surface area (Å²) >= 11 is 0. The van der Waals surface area contributed by atoms with E-state index in [2.05, 4.69) is 15.4 Å². The number of fused-ring (bicyclic) bond motifs is 3. The lowest BCUT2D eigenvalue weighted by Crippen LogP contribution is -2.24. The van der Waals surface area contributed by atoms with Crippen molar-refractivity contribution < 1.29 is 18.7 Å². The van der Waals surface area contributed by atoms with Gasteiger partial charge in [0.25, 0.3) is 5.91 Å². The summed E-state index contributed by atoms with van der Waals surface area (Å²) < 4.78 is 26.2. The lowest BCUT2D eigenvalue weighted by atomic mass is 10.1. The number of pyridine rings is 1. The summed E-state index contributed by atoms with van der Waals surface area (Å²) in [5.74, 6) is 0.575. The third-order valence-electron chi connectivity index (χ3n) is 5.70. The number of hydrogen-bond acceptors (Lipinski definition) is 5. The highest BCUT2D eigenvalue weighted by atomic mass is 19.1. The molecule has 33 heavy (non-hydrogen) atoms. The number of amides is 1. The van der Waals surface area contributed by atoms with Gasteiger partial charge in [-0.3, -0.25) is 9.78 Å². The Balaban J connectivity index is 1.59. The fourth-order valence-electron chi connectivity index (χ4n) is 4.09. The molecule has 0 bridgehead atoms. The summed E-state index contributed by atoms with van der Waals surface area (Å²) in [6, 6.07) is 13.5. The molecule has 1 N–H and O–H groups in total. The molecule has 0 saturated carbocycles. The average molecular weight is 444 g/mol. The first-order valence-electron chi connectivity index (χ1n) is 10.4. The summed E-state index contributed by atoms with van der Waals surface area (Å²) in [7, 11) is 3.17.